The van der Waals surface area contributed by atoms with Crippen LogP contribution in [0, 0.1) is 11.6 Å². The standard InChI is InChI=1S/C19H19F2N3O2/c20-15-5-2-1-4-13(15)9-10-22-19(26)23-14-7-8-16(21)17(12-14)24-11-3-6-18(24)25/h1-2,4-5,7-8,12H,3,6,9-11H2,(H2,22,23,26). The first-order chi connectivity index (χ1) is 12.5. The van der Waals surface area contributed by atoms with E-state index in [0.717, 1.165) is 0 Å². The Balaban J connectivity index is 1.57. The minimum Gasteiger partial charge on any atom is -0.338 e. The maximum atomic E-state index is 14.0. The predicted molar refractivity (Wildman–Crippen MR) is 95.1 cm³/mol. The van der Waals surface area contributed by atoms with Crippen LogP contribution in [-0.2, 0) is 11.2 Å². The molecule has 0 aliphatic carbocycles. The third kappa shape index (κ3) is 4.17. The summed E-state index contributed by atoms with van der Waals surface area (Å²) in [5.74, 6) is -0.950. The SMILES string of the molecule is O=C(NCCc1ccccc1F)Nc1ccc(F)c(N2CCCC2=O)c1. The highest BCUT2D eigenvalue weighted by molar-refractivity contribution is 5.97. The van der Waals surface area contributed by atoms with Crippen LogP contribution in [0.5, 0.6) is 0 Å². The lowest BCUT2D eigenvalue weighted by molar-refractivity contribution is -0.117. The van der Waals surface area contributed by atoms with Crippen molar-refractivity contribution in [3.8, 4) is 0 Å². The van der Waals surface area contributed by atoms with Gasteiger partial charge in [0.05, 0.1) is 5.69 Å². The number of halogens is 2. The van der Waals surface area contributed by atoms with Gasteiger partial charge in [0.25, 0.3) is 0 Å². The lowest BCUT2D eigenvalue weighted by Gasteiger charge is -2.18. The van der Waals surface area contributed by atoms with Crippen molar-refractivity contribution in [3.63, 3.8) is 0 Å². The molecule has 0 atom stereocenters. The normalized spacial score (nSPS) is 13.8. The summed E-state index contributed by atoms with van der Waals surface area (Å²) >= 11 is 0. The largest absolute Gasteiger partial charge is 0.338 e. The minimum absolute atomic E-state index is 0.129. The molecular weight excluding hydrogens is 340 g/mol. The Morgan fingerprint density at radius 2 is 1.92 bits per heavy atom. The second kappa shape index (κ2) is 7.95. The maximum absolute atomic E-state index is 14.0. The highest BCUT2D eigenvalue weighted by Crippen LogP contribution is 2.27. The molecule has 3 rings (SSSR count). The van der Waals surface area contributed by atoms with Gasteiger partial charge in [0.2, 0.25) is 5.91 Å². The van der Waals surface area contributed by atoms with Crippen molar-refractivity contribution in [1.29, 1.82) is 0 Å². The molecular formula is C19H19F2N3O2. The van der Waals surface area contributed by atoms with Gasteiger partial charge >= 0.3 is 6.03 Å². The molecule has 2 aromatic carbocycles. The molecule has 2 aromatic rings. The highest BCUT2D eigenvalue weighted by atomic mass is 19.1. The van der Waals surface area contributed by atoms with E-state index in [-0.39, 0.29) is 24.0 Å². The first kappa shape index (κ1) is 17.8. The van der Waals surface area contributed by atoms with Gasteiger partial charge in [-0.15, -0.1) is 0 Å². The Bertz CT molecular complexity index is 826. The molecule has 1 heterocycles. The van der Waals surface area contributed by atoms with Gasteiger partial charge in [-0.1, -0.05) is 18.2 Å². The molecule has 3 amide bonds. The number of carbonyl (C=O) groups is 2. The molecule has 1 saturated heterocycles. The molecule has 1 aliphatic heterocycles. The summed E-state index contributed by atoms with van der Waals surface area (Å²) < 4.78 is 27.5. The molecule has 0 spiro atoms. The van der Waals surface area contributed by atoms with Crippen LogP contribution in [0.2, 0.25) is 0 Å². The minimum atomic E-state index is -0.509. The van der Waals surface area contributed by atoms with Crippen LogP contribution in [0.15, 0.2) is 42.5 Å². The average molecular weight is 359 g/mol. The number of hydrogen-bond donors (Lipinski definition) is 2. The lowest BCUT2D eigenvalue weighted by atomic mass is 10.1. The number of hydrogen-bond acceptors (Lipinski definition) is 2. The van der Waals surface area contributed by atoms with E-state index in [1.54, 1.807) is 18.2 Å². The van der Waals surface area contributed by atoms with E-state index in [0.29, 0.717) is 37.1 Å². The van der Waals surface area contributed by atoms with Crippen LogP contribution in [-0.4, -0.2) is 25.0 Å². The summed E-state index contributed by atoms with van der Waals surface area (Å²) in [6.45, 7) is 0.722. The Morgan fingerprint density at radius 1 is 1.12 bits per heavy atom. The monoisotopic (exact) mass is 359 g/mol. The van der Waals surface area contributed by atoms with Gasteiger partial charge < -0.3 is 15.5 Å². The summed E-state index contributed by atoms with van der Waals surface area (Å²) in [7, 11) is 0. The number of anilines is 2. The molecule has 0 radical (unpaired) electrons. The quantitative estimate of drug-likeness (QED) is 0.859. The fourth-order valence-corrected chi connectivity index (χ4v) is 2.89. The van der Waals surface area contributed by atoms with Crippen molar-refractivity contribution in [3.05, 3.63) is 59.7 Å². The number of rotatable bonds is 5. The summed E-state index contributed by atoms with van der Waals surface area (Å²) in [6, 6.07) is 9.98. The fourth-order valence-electron chi connectivity index (χ4n) is 2.89. The summed E-state index contributed by atoms with van der Waals surface area (Å²) in [4.78, 5) is 25.2. The zero-order valence-electron chi connectivity index (χ0n) is 14.1. The molecule has 136 valence electrons. The number of carbonyl (C=O) groups excluding carboxylic acids is 2. The molecule has 0 unspecified atom stereocenters. The molecule has 1 fully saturated rings. The third-order valence-electron chi connectivity index (χ3n) is 4.21. The first-order valence-corrected chi connectivity index (χ1v) is 8.43. The summed E-state index contributed by atoms with van der Waals surface area (Å²) in [5, 5.41) is 5.23. The first-order valence-electron chi connectivity index (χ1n) is 8.43. The zero-order chi connectivity index (χ0) is 18.5. The molecule has 5 nitrogen and oxygen atoms in total. The number of nitrogens with one attached hydrogen (secondary N) is 2. The Kier molecular flexibility index (Phi) is 5.46. The second-order valence-electron chi connectivity index (χ2n) is 6.04. The zero-order valence-corrected chi connectivity index (χ0v) is 14.1. The predicted octanol–water partition coefficient (Wildman–Crippen LogP) is 3.46. The second-order valence-corrected chi connectivity index (χ2v) is 6.04. The molecule has 1 aliphatic rings. The van der Waals surface area contributed by atoms with Gasteiger partial charge in [0.15, 0.2) is 0 Å². The maximum Gasteiger partial charge on any atom is 0.319 e. The molecule has 0 saturated carbocycles. The Hall–Kier alpha value is -2.96. The van der Waals surface area contributed by atoms with Gasteiger partial charge in [-0.05, 0) is 42.7 Å². The lowest BCUT2D eigenvalue weighted by Crippen LogP contribution is -2.31. The van der Waals surface area contributed by atoms with E-state index < -0.39 is 11.8 Å². The van der Waals surface area contributed by atoms with Crippen molar-refractivity contribution < 1.29 is 18.4 Å². The van der Waals surface area contributed by atoms with Crippen LogP contribution >= 0.6 is 0 Å². The fraction of sp³-hybridized carbons (Fsp3) is 0.263. The summed E-state index contributed by atoms with van der Waals surface area (Å²) in [6.07, 6.45) is 1.44. The number of urea groups is 1. The van der Waals surface area contributed by atoms with Crippen LogP contribution in [0.25, 0.3) is 0 Å². The summed E-state index contributed by atoms with van der Waals surface area (Å²) in [5.41, 5.74) is 1.06. The van der Waals surface area contributed by atoms with Gasteiger partial charge in [-0.25, -0.2) is 13.6 Å². The number of amides is 3. The van der Waals surface area contributed by atoms with Gasteiger partial charge in [-0.2, -0.15) is 0 Å². The van der Waals surface area contributed by atoms with E-state index in [9.17, 15) is 18.4 Å². The van der Waals surface area contributed by atoms with Crippen molar-refractivity contribution in [2.24, 2.45) is 0 Å². The van der Waals surface area contributed by atoms with E-state index in [4.69, 9.17) is 0 Å². The highest BCUT2D eigenvalue weighted by Gasteiger charge is 2.24. The van der Waals surface area contributed by atoms with Crippen LogP contribution in [0.3, 0.4) is 0 Å². The average Bonchev–Trinajstić information content (AvgIpc) is 3.04. The molecule has 7 heteroatoms. The van der Waals surface area contributed by atoms with E-state index >= 15 is 0 Å². The molecule has 0 aromatic heterocycles. The third-order valence-corrected chi connectivity index (χ3v) is 4.21. The topological polar surface area (TPSA) is 61.4 Å². The number of benzene rings is 2. The van der Waals surface area contributed by atoms with Gasteiger partial charge in [-0.3, -0.25) is 4.79 Å². The van der Waals surface area contributed by atoms with Crippen molar-refractivity contribution in [2.75, 3.05) is 23.3 Å². The van der Waals surface area contributed by atoms with Crippen LogP contribution < -0.4 is 15.5 Å². The van der Waals surface area contributed by atoms with E-state index in [1.807, 2.05) is 0 Å². The van der Waals surface area contributed by atoms with Crippen LogP contribution in [0.1, 0.15) is 18.4 Å². The number of nitrogens with zero attached hydrogens (tertiary/aromatic N) is 1. The van der Waals surface area contributed by atoms with E-state index in [1.165, 1.54) is 29.2 Å². The smallest absolute Gasteiger partial charge is 0.319 e. The molecule has 26 heavy (non-hydrogen) atoms. The Labute approximate surface area is 150 Å². The van der Waals surface area contributed by atoms with Crippen LogP contribution in [0.4, 0.5) is 25.0 Å². The van der Waals surface area contributed by atoms with Crippen molar-refractivity contribution in [1.82, 2.24) is 5.32 Å². The van der Waals surface area contributed by atoms with Crippen molar-refractivity contribution in [2.45, 2.75) is 19.3 Å². The van der Waals surface area contributed by atoms with Gasteiger partial charge in [0, 0.05) is 25.2 Å². The molecule has 0 bridgehead atoms. The van der Waals surface area contributed by atoms with E-state index in [2.05, 4.69) is 10.6 Å². The van der Waals surface area contributed by atoms with Crippen molar-refractivity contribution >= 4 is 23.3 Å². The molecule has 2 N–H and O–H groups in total. The Morgan fingerprint density at radius 3 is 2.65 bits per heavy atom. The van der Waals surface area contributed by atoms with Gasteiger partial charge in [0.1, 0.15) is 11.6 Å².